The minimum Gasteiger partial charge on any atom is -0.404 e. The first-order valence-electron chi connectivity index (χ1n) is 7.99. The first-order valence-corrected chi connectivity index (χ1v) is 7.99. The molecule has 0 aromatic heterocycles. The van der Waals surface area contributed by atoms with Crippen LogP contribution in [-0.4, -0.2) is 24.0 Å². The largest absolute Gasteiger partial charge is 0.573 e. The monoisotopic (exact) mass is 493 g/mol. The molecule has 0 heterocycles. The Hall–Kier alpha value is -2.01. The molecule has 1 aliphatic carbocycles. The van der Waals surface area contributed by atoms with E-state index in [4.69, 9.17) is 5.73 Å². The molecule has 0 fully saturated rings. The lowest BCUT2D eigenvalue weighted by molar-refractivity contribution is -0.274. The Balaban J connectivity index is 0.00000261. The zero-order valence-electron chi connectivity index (χ0n) is 14.2. The van der Waals surface area contributed by atoms with Gasteiger partial charge in [0, 0.05) is 0 Å². The molecule has 0 aliphatic heterocycles. The molecule has 27 heavy (non-hydrogen) atoms. The number of halogens is 4. The van der Waals surface area contributed by atoms with Gasteiger partial charge in [-0.25, -0.2) is 4.99 Å². The number of nitrogens with one attached hydrogen (secondary N) is 1. The number of nitrogens with zero attached hydrogens (tertiary/aromatic N) is 1. The van der Waals surface area contributed by atoms with Crippen LogP contribution < -0.4 is 15.8 Å². The van der Waals surface area contributed by atoms with Crippen LogP contribution in [0.1, 0.15) is 17.5 Å². The van der Waals surface area contributed by atoms with Crippen molar-refractivity contribution in [1.82, 2.24) is 0 Å². The molecule has 1 aliphatic rings. The molecule has 0 bridgehead atoms. The number of benzene rings is 2. The number of guanidine groups is 1. The number of para-hydroxylation sites is 2. The summed E-state index contributed by atoms with van der Waals surface area (Å²) >= 11 is 0. The Morgan fingerprint density at radius 3 is 2.59 bits per heavy atom. The zero-order chi connectivity index (χ0) is 18.8. The van der Waals surface area contributed by atoms with Gasteiger partial charge in [-0.05, 0) is 36.1 Å². The number of nitrogens with two attached hydrogens (primary N) is 1. The predicted octanol–water partition coefficient (Wildman–Crippen LogP) is 3.76. The number of ether oxygens (including phenoxy) is 1. The van der Waals surface area contributed by atoms with Crippen LogP contribution in [0.3, 0.4) is 0 Å². The zero-order valence-corrected chi connectivity index (χ0v) is 16.5. The van der Waals surface area contributed by atoms with E-state index < -0.39 is 17.7 Å². The lowest BCUT2D eigenvalue weighted by Crippen LogP contribution is -2.30. The minimum atomic E-state index is -4.81. The Bertz CT molecular complexity index is 829. The second-order valence-electron chi connectivity index (χ2n) is 6.06. The summed E-state index contributed by atoms with van der Waals surface area (Å²) in [4.78, 5) is 4.11. The van der Waals surface area contributed by atoms with Gasteiger partial charge in [0.2, 0.25) is 0 Å². The molecular weight excluding hydrogens is 474 g/mol. The quantitative estimate of drug-likeness (QED) is 0.345. The summed E-state index contributed by atoms with van der Waals surface area (Å²) in [7, 11) is 0. The number of rotatable bonds is 4. The van der Waals surface area contributed by atoms with Crippen molar-refractivity contribution in [2.45, 2.75) is 24.8 Å². The maximum atomic E-state index is 12.5. The lowest BCUT2D eigenvalue weighted by atomic mass is 9.96. The predicted molar refractivity (Wildman–Crippen MR) is 107 cm³/mol. The standard InChI is InChI=1S/C18H18F3N3O2.HI/c19-18(20,21)26-15-8-4-3-7-14(15)24-16(22)23-11-17(25)10-9-12-5-1-2-6-13(12)17;/h1-8,25H,9-11H2,(H3,22,23,24);1H. The third kappa shape index (κ3) is 5.25. The molecule has 0 saturated heterocycles. The molecule has 3 rings (SSSR count). The van der Waals surface area contributed by atoms with E-state index in [9.17, 15) is 18.3 Å². The first-order chi connectivity index (χ1) is 12.3. The van der Waals surface area contributed by atoms with E-state index in [1.807, 2.05) is 24.3 Å². The van der Waals surface area contributed by atoms with Crippen molar-refractivity contribution >= 4 is 35.6 Å². The average molecular weight is 493 g/mol. The molecule has 1 unspecified atom stereocenters. The van der Waals surface area contributed by atoms with E-state index in [0.29, 0.717) is 6.42 Å². The fraction of sp³-hybridized carbons (Fsp3) is 0.278. The molecule has 4 N–H and O–H groups in total. The fourth-order valence-corrected chi connectivity index (χ4v) is 3.01. The number of hydrogen-bond donors (Lipinski definition) is 3. The molecule has 1 atom stereocenters. The maximum Gasteiger partial charge on any atom is 0.573 e. The third-order valence-electron chi connectivity index (χ3n) is 4.21. The summed E-state index contributed by atoms with van der Waals surface area (Å²) in [5.74, 6) is -0.524. The second-order valence-corrected chi connectivity index (χ2v) is 6.06. The van der Waals surface area contributed by atoms with Gasteiger partial charge in [0.25, 0.3) is 0 Å². The van der Waals surface area contributed by atoms with E-state index in [1.54, 1.807) is 6.07 Å². The summed E-state index contributed by atoms with van der Waals surface area (Å²) in [6, 6.07) is 13.0. The Labute approximate surface area is 171 Å². The highest BCUT2D eigenvalue weighted by Gasteiger charge is 2.36. The number of anilines is 1. The third-order valence-corrected chi connectivity index (χ3v) is 4.21. The molecule has 2 aromatic carbocycles. The van der Waals surface area contributed by atoms with Gasteiger partial charge >= 0.3 is 6.36 Å². The lowest BCUT2D eigenvalue weighted by Gasteiger charge is -2.22. The van der Waals surface area contributed by atoms with E-state index in [1.165, 1.54) is 18.2 Å². The fourth-order valence-electron chi connectivity index (χ4n) is 3.01. The Kier molecular flexibility index (Phi) is 6.58. The molecule has 5 nitrogen and oxygen atoms in total. The highest BCUT2D eigenvalue weighted by atomic mass is 127. The van der Waals surface area contributed by atoms with Crippen LogP contribution in [0.5, 0.6) is 5.75 Å². The topological polar surface area (TPSA) is 79.9 Å². The Morgan fingerprint density at radius 1 is 1.19 bits per heavy atom. The van der Waals surface area contributed by atoms with Crippen LogP contribution in [0.15, 0.2) is 53.5 Å². The van der Waals surface area contributed by atoms with Crippen LogP contribution in [-0.2, 0) is 12.0 Å². The number of aryl methyl sites for hydroxylation is 1. The molecule has 146 valence electrons. The highest BCUT2D eigenvalue weighted by molar-refractivity contribution is 14.0. The summed E-state index contributed by atoms with van der Waals surface area (Å²) in [6.07, 6.45) is -3.57. The van der Waals surface area contributed by atoms with Crippen molar-refractivity contribution in [2.75, 3.05) is 11.9 Å². The first kappa shape index (κ1) is 21.3. The number of alkyl halides is 3. The summed E-state index contributed by atoms with van der Waals surface area (Å²) in [6.45, 7) is 0.00510. The molecular formula is C18H19F3IN3O2. The van der Waals surface area contributed by atoms with Crippen LogP contribution in [0.25, 0.3) is 0 Å². The maximum absolute atomic E-state index is 12.5. The summed E-state index contributed by atoms with van der Waals surface area (Å²) < 4.78 is 41.3. The van der Waals surface area contributed by atoms with E-state index in [-0.39, 0.29) is 42.2 Å². The molecule has 0 radical (unpaired) electrons. The van der Waals surface area contributed by atoms with Crippen molar-refractivity contribution in [3.63, 3.8) is 0 Å². The van der Waals surface area contributed by atoms with Gasteiger partial charge in [-0.3, -0.25) is 0 Å². The highest BCUT2D eigenvalue weighted by Crippen LogP contribution is 2.37. The number of aliphatic hydroxyl groups is 1. The van der Waals surface area contributed by atoms with E-state index >= 15 is 0 Å². The minimum absolute atomic E-state index is 0. The molecule has 0 saturated carbocycles. The smallest absolute Gasteiger partial charge is 0.404 e. The van der Waals surface area contributed by atoms with Gasteiger partial charge in [0.15, 0.2) is 11.7 Å². The van der Waals surface area contributed by atoms with Crippen molar-refractivity contribution in [2.24, 2.45) is 10.7 Å². The van der Waals surface area contributed by atoms with Crippen molar-refractivity contribution < 1.29 is 23.0 Å². The summed E-state index contributed by atoms with van der Waals surface area (Å²) in [5, 5.41) is 13.4. The van der Waals surface area contributed by atoms with Crippen molar-refractivity contribution in [3.8, 4) is 5.75 Å². The number of hydrogen-bond acceptors (Lipinski definition) is 3. The van der Waals surface area contributed by atoms with Gasteiger partial charge in [-0.1, -0.05) is 36.4 Å². The molecule has 2 aromatic rings. The second kappa shape index (κ2) is 8.34. The van der Waals surface area contributed by atoms with Crippen LogP contribution >= 0.6 is 24.0 Å². The van der Waals surface area contributed by atoms with Gasteiger partial charge < -0.3 is 20.9 Å². The van der Waals surface area contributed by atoms with Gasteiger partial charge in [0.05, 0.1) is 12.2 Å². The SMILES string of the molecule is I.NC(=NCC1(O)CCc2ccccc21)Nc1ccccc1OC(F)(F)F. The van der Waals surface area contributed by atoms with Gasteiger partial charge in [-0.2, -0.15) is 0 Å². The van der Waals surface area contributed by atoms with Crippen LogP contribution in [0.4, 0.5) is 18.9 Å². The molecule has 9 heteroatoms. The molecule has 0 amide bonds. The average Bonchev–Trinajstić information content (AvgIpc) is 2.92. The summed E-state index contributed by atoms with van der Waals surface area (Å²) in [5.41, 5.74) is 6.54. The normalized spacial score (nSPS) is 19.2. The van der Waals surface area contributed by atoms with E-state index in [2.05, 4.69) is 15.0 Å². The Morgan fingerprint density at radius 2 is 1.85 bits per heavy atom. The van der Waals surface area contributed by atoms with Gasteiger partial charge in [0.1, 0.15) is 5.60 Å². The van der Waals surface area contributed by atoms with Crippen LogP contribution in [0.2, 0.25) is 0 Å². The van der Waals surface area contributed by atoms with Crippen molar-refractivity contribution in [3.05, 3.63) is 59.7 Å². The van der Waals surface area contributed by atoms with Gasteiger partial charge in [-0.15, -0.1) is 37.1 Å². The number of aliphatic imine (C=N–C) groups is 1. The van der Waals surface area contributed by atoms with Crippen LogP contribution in [0, 0.1) is 0 Å². The molecule has 0 spiro atoms. The van der Waals surface area contributed by atoms with Crippen molar-refractivity contribution in [1.29, 1.82) is 0 Å². The number of fused-ring (bicyclic) bond motifs is 1. The van der Waals surface area contributed by atoms with E-state index in [0.717, 1.165) is 17.5 Å².